The molecule has 1 aliphatic rings. The van der Waals surface area contributed by atoms with E-state index in [1.165, 1.54) is 5.56 Å². The number of rotatable bonds is 0. The van der Waals surface area contributed by atoms with Crippen molar-refractivity contribution in [1.29, 1.82) is 0 Å². The molecule has 1 heterocycles. The summed E-state index contributed by atoms with van der Waals surface area (Å²) < 4.78 is 0. The molecule has 1 aliphatic heterocycles. The quantitative estimate of drug-likeness (QED) is 0.643. The highest BCUT2D eigenvalue weighted by Gasteiger charge is 2.22. The number of carbonyl (C=O) groups excluding carboxylic acids is 1. The van der Waals surface area contributed by atoms with Gasteiger partial charge in [0, 0.05) is 16.8 Å². The van der Waals surface area contributed by atoms with Crippen LogP contribution in [0.2, 0.25) is 0 Å². The lowest BCUT2D eigenvalue weighted by molar-refractivity contribution is -0.110. The van der Waals surface area contributed by atoms with E-state index in [0.717, 1.165) is 16.8 Å². The molecule has 1 N–H and O–H groups in total. The first-order chi connectivity index (χ1) is 7.22. The Balaban J connectivity index is 0.000000531. The van der Waals surface area contributed by atoms with Crippen molar-refractivity contribution in [1.82, 2.24) is 0 Å². The van der Waals surface area contributed by atoms with E-state index in [1.54, 1.807) is 0 Å². The summed E-state index contributed by atoms with van der Waals surface area (Å²) in [5.41, 5.74) is 3.89. The van der Waals surface area contributed by atoms with Gasteiger partial charge in [-0.2, -0.15) is 0 Å². The minimum absolute atomic E-state index is 0.00287. The maximum absolute atomic E-state index is 11.4. The molecule has 0 bridgehead atoms. The van der Waals surface area contributed by atoms with Gasteiger partial charge in [-0.05, 0) is 26.0 Å². The number of aryl methyl sites for hydroxylation is 1. The molecule has 0 fully saturated rings. The number of nitrogens with one attached hydrogen (secondary N) is 1. The highest BCUT2D eigenvalue weighted by molar-refractivity contribution is 6.31. The van der Waals surface area contributed by atoms with E-state index in [0.29, 0.717) is 0 Å². The smallest absolute Gasteiger partial charge is 0.256 e. The Labute approximate surface area is 91.0 Å². The summed E-state index contributed by atoms with van der Waals surface area (Å²) in [5, 5.41) is 2.82. The Bertz CT molecular complexity index is 405. The molecule has 2 nitrogen and oxygen atoms in total. The molecule has 2 heteroatoms. The van der Waals surface area contributed by atoms with Gasteiger partial charge in [-0.25, -0.2) is 0 Å². The fraction of sp³-hybridized carbons (Fsp3) is 0.308. The number of benzene rings is 1. The number of amides is 1. The van der Waals surface area contributed by atoms with Gasteiger partial charge < -0.3 is 5.32 Å². The fourth-order valence-corrected chi connectivity index (χ4v) is 1.59. The van der Waals surface area contributed by atoms with Gasteiger partial charge in [0.1, 0.15) is 0 Å². The van der Waals surface area contributed by atoms with Crippen LogP contribution < -0.4 is 5.32 Å². The van der Waals surface area contributed by atoms with E-state index < -0.39 is 0 Å². The first-order valence-electron chi connectivity index (χ1n) is 5.31. The van der Waals surface area contributed by atoms with E-state index in [1.807, 2.05) is 52.0 Å². The van der Waals surface area contributed by atoms with Gasteiger partial charge in [0.25, 0.3) is 5.91 Å². The van der Waals surface area contributed by atoms with Crippen LogP contribution in [0.5, 0.6) is 0 Å². The zero-order chi connectivity index (χ0) is 11.4. The summed E-state index contributed by atoms with van der Waals surface area (Å²) in [7, 11) is 0. The lowest BCUT2D eigenvalue weighted by Gasteiger charge is -1.98. The maximum atomic E-state index is 11.4. The van der Waals surface area contributed by atoms with Crippen LogP contribution in [0.3, 0.4) is 0 Å². The maximum Gasteiger partial charge on any atom is 0.256 e. The highest BCUT2D eigenvalue weighted by atomic mass is 16.1. The van der Waals surface area contributed by atoms with Gasteiger partial charge in [-0.1, -0.05) is 31.6 Å². The first-order valence-corrected chi connectivity index (χ1v) is 5.31. The molecule has 0 radical (unpaired) electrons. The average molecular weight is 203 g/mol. The number of hydrogen-bond donors (Lipinski definition) is 1. The van der Waals surface area contributed by atoms with Crippen molar-refractivity contribution in [3.63, 3.8) is 0 Å². The SMILES string of the molecule is C/C=C1\C(=O)Nc2ccc(C)cc21.CC. The molecule has 1 amide bonds. The molecule has 0 aliphatic carbocycles. The van der Waals surface area contributed by atoms with Crippen molar-refractivity contribution in [3.8, 4) is 0 Å². The van der Waals surface area contributed by atoms with Crippen LogP contribution in [0.25, 0.3) is 5.57 Å². The Hall–Kier alpha value is -1.57. The predicted molar refractivity (Wildman–Crippen MR) is 64.8 cm³/mol. The van der Waals surface area contributed by atoms with Crippen LogP contribution in [0.15, 0.2) is 24.3 Å². The molecule has 1 aromatic rings. The second-order valence-corrected chi connectivity index (χ2v) is 3.21. The number of allylic oxidation sites excluding steroid dienone is 1. The number of fused-ring (bicyclic) bond motifs is 1. The van der Waals surface area contributed by atoms with Crippen molar-refractivity contribution < 1.29 is 4.79 Å². The summed E-state index contributed by atoms with van der Waals surface area (Å²) in [4.78, 5) is 11.4. The van der Waals surface area contributed by atoms with Gasteiger partial charge in [-0.3, -0.25) is 4.79 Å². The summed E-state index contributed by atoms with van der Waals surface area (Å²) in [5.74, 6) is 0.00287. The van der Waals surface area contributed by atoms with Gasteiger partial charge in [0.15, 0.2) is 0 Å². The lowest BCUT2D eigenvalue weighted by Crippen LogP contribution is -2.03. The van der Waals surface area contributed by atoms with Gasteiger partial charge in [-0.15, -0.1) is 0 Å². The molecule has 0 saturated carbocycles. The van der Waals surface area contributed by atoms with Crippen molar-refractivity contribution in [2.75, 3.05) is 5.32 Å². The van der Waals surface area contributed by atoms with Crippen molar-refractivity contribution in [2.45, 2.75) is 27.7 Å². The molecule has 80 valence electrons. The van der Waals surface area contributed by atoms with E-state index >= 15 is 0 Å². The number of carbonyl (C=O) groups is 1. The van der Waals surface area contributed by atoms with Crippen LogP contribution in [-0.4, -0.2) is 5.91 Å². The van der Waals surface area contributed by atoms with E-state index in [4.69, 9.17) is 0 Å². The number of hydrogen-bond acceptors (Lipinski definition) is 1. The molecular formula is C13H17NO. The van der Waals surface area contributed by atoms with E-state index in [-0.39, 0.29) is 5.91 Å². The number of anilines is 1. The topological polar surface area (TPSA) is 29.1 Å². The minimum Gasteiger partial charge on any atom is -0.321 e. The van der Waals surface area contributed by atoms with Gasteiger partial charge in [0.2, 0.25) is 0 Å². The summed E-state index contributed by atoms with van der Waals surface area (Å²) in [6.07, 6.45) is 1.85. The second kappa shape index (κ2) is 4.78. The predicted octanol–water partition coefficient (Wildman–Crippen LogP) is 3.38. The Kier molecular flexibility index (Phi) is 3.67. The van der Waals surface area contributed by atoms with Crippen LogP contribution in [0.4, 0.5) is 5.69 Å². The van der Waals surface area contributed by atoms with Crippen LogP contribution in [0.1, 0.15) is 31.9 Å². The summed E-state index contributed by atoms with van der Waals surface area (Å²) >= 11 is 0. The second-order valence-electron chi connectivity index (χ2n) is 3.21. The fourth-order valence-electron chi connectivity index (χ4n) is 1.59. The van der Waals surface area contributed by atoms with Gasteiger partial charge in [0.05, 0.1) is 0 Å². The highest BCUT2D eigenvalue weighted by Crippen LogP contribution is 2.31. The van der Waals surface area contributed by atoms with E-state index in [9.17, 15) is 4.79 Å². The third kappa shape index (κ3) is 2.09. The standard InChI is InChI=1S/C11H11NO.C2H6/c1-3-8-9-6-7(2)4-5-10(9)12-11(8)13;1-2/h3-6H,1-2H3,(H,12,13);1-2H3/b8-3-;. The molecule has 15 heavy (non-hydrogen) atoms. The lowest BCUT2D eigenvalue weighted by atomic mass is 10.0. The van der Waals surface area contributed by atoms with Crippen molar-refractivity contribution in [3.05, 3.63) is 35.4 Å². The monoisotopic (exact) mass is 203 g/mol. The third-order valence-corrected chi connectivity index (χ3v) is 2.25. The average Bonchev–Trinajstić information content (AvgIpc) is 2.56. The molecule has 0 aromatic heterocycles. The Morgan fingerprint density at radius 2 is 1.93 bits per heavy atom. The van der Waals surface area contributed by atoms with Crippen LogP contribution in [-0.2, 0) is 4.79 Å². The minimum atomic E-state index is 0.00287. The molecule has 0 saturated heterocycles. The van der Waals surface area contributed by atoms with Crippen molar-refractivity contribution >= 4 is 17.2 Å². The zero-order valence-electron chi connectivity index (χ0n) is 9.72. The normalized spacial score (nSPS) is 15.5. The first kappa shape index (κ1) is 11.5. The van der Waals surface area contributed by atoms with Crippen molar-refractivity contribution in [2.24, 2.45) is 0 Å². The molecule has 0 unspecified atom stereocenters. The Morgan fingerprint density at radius 1 is 1.27 bits per heavy atom. The molecule has 2 rings (SSSR count). The van der Waals surface area contributed by atoms with Crippen LogP contribution >= 0.6 is 0 Å². The Morgan fingerprint density at radius 3 is 2.53 bits per heavy atom. The van der Waals surface area contributed by atoms with E-state index in [2.05, 4.69) is 5.32 Å². The summed E-state index contributed by atoms with van der Waals surface area (Å²) in [6, 6.07) is 5.97. The zero-order valence-corrected chi connectivity index (χ0v) is 9.72. The molecule has 0 atom stereocenters. The molecule has 0 spiro atoms. The van der Waals surface area contributed by atoms with Gasteiger partial charge >= 0.3 is 0 Å². The molecular weight excluding hydrogens is 186 g/mol. The molecule has 1 aromatic carbocycles. The summed E-state index contributed by atoms with van der Waals surface area (Å²) in [6.45, 7) is 7.91. The largest absolute Gasteiger partial charge is 0.321 e. The van der Waals surface area contributed by atoms with Crippen LogP contribution in [0, 0.1) is 6.92 Å². The third-order valence-electron chi connectivity index (χ3n) is 2.25.